The van der Waals surface area contributed by atoms with Gasteiger partial charge in [0.15, 0.2) is 0 Å². The predicted octanol–water partition coefficient (Wildman–Crippen LogP) is 5.39. The van der Waals surface area contributed by atoms with Crippen LogP contribution in [0.5, 0.6) is 5.75 Å². The van der Waals surface area contributed by atoms with Gasteiger partial charge in [-0.05, 0) is 54.0 Å². The summed E-state index contributed by atoms with van der Waals surface area (Å²) in [5.74, 6) is 0.252. The van der Waals surface area contributed by atoms with Crippen molar-refractivity contribution in [3.05, 3.63) is 76.3 Å². The molecule has 0 spiro atoms. The summed E-state index contributed by atoms with van der Waals surface area (Å²) in [4.78, 5) is 0. The second-order valence-corrected chi connectivity index (χ2v) is 7.77. The summed E-state index contributed by atoms with van der Waals surface area (Å²) in [7, 11) is 0. The first-order valence-electron chi connectivity index (χ1n) is 9.32. The van der Waals surface area contributed by atoms with Crippen molar-refractivity contribution in [3.8, 4) is 5.75 Å². The van der Waals surface area contributed by atoms with Crippen molar-refractivity contribution in [1.82, 2.24) is 0 Å². The molecule has 140 valence electrons. The normalized spacial score (nSPS) is 22.9. The minimum absolute atomic E-state index is 0.0220. The van der Waals surface area contributed by atoms with Crippen molar-refractivity contribution in [2.24, 2.45) is 0 Å². The third kappa shape index (κ3) is 3.81. The van der Waals surface area contributed by atoms with Gasteiger partial charge < -0.3 is 14.9 Å². The summed E-state index contributed by atoms with van der Waals surface area (Å²) in [5.41, 5.74) is 3.18. The maximum Gasteiger partial charge on any atom is 0.115 e. The van der Waals surface area contributed by atoms with Gasteiger partial charge in [-0.3, -0.25) is 0 Å². The molecule has 1 saturated heterocycles. The van der Waals surface area contributed by atoms with E-state index in [4.69, 9.17) is 16.3 Å². The molecule has 1 aliphatic rings. The molecule has 3 atom stereocenters. The van der Waals surface area contributed by atoms with Crippen molar-refractivity contribution in [3.63, 3.8) is 0 Å². The van der Waals surface area contributed by atoms with Gasteiger partial charge in [-0.15, -0.1) is 0 Å². The van der Waals surface area contributed by atoms with Crippen LogP contribution in [-0.2, 0) is 11.2 Å². The summed E-state index contributed by atoms with van der Waals surface area (Å²) < 4.78 is 6.18. The fourth-order valence-corrected chi connectivity index (χ4v) is 4.26. The van der Waals surface area contributed by atoms with E-state index in [9.17, 15) is 10.2 Å². The molecule has 3 unspecified atom stereocenters. The number of hydrogen-bond donors (Lipinski definition) is 2. The van der Waals surface area contributed by atoms with E-state index >= 15 is 0 Å². The highest BCUT2D eigenvalue weighted by atomic mass is 35.5. The van der Waals surface area contributed by atoms with Crippen molar-refractivity contribution in [2.45, 2.75) is 44.5 Å². The van der Waals surface area contributed by atoms with E-state index in [1.807, 2.05) is 37.3 Å². The average molecular weight is 383 g/mol. The quantitative estimate of drug-likeness (QED) is 0.638. The van der Waals surface area contributed by atoms with Crippen LogP contribution in [0.25, 0.3) is 10.8 Å². The lowest BCUT2D eigenvalue weighted by atomic mass is 9.90. The minimum Gasteiger partial charge on any atom is -0.508 e. The zero-order valence-electron chi connectivity index (χ0n) is 15.2. The summed E-state index contributed by atoms with van der Waals surface area (Å²) in [5, 5.41) is 22.6. The smallest absolute Gasteiger partial charge is 0.115 e. The molecular formula is C23H23ClO3. The number of phenolic OH excluding ortho intramolecular Hbond substituents is 1. The van der Waals surface area contributed by atoms with E-state index in [2.05, 4.69) is 12.1 Å². The first-order valence-corrected chi connectivity index (χ1v) is 9.70. The van der Waals surface area contributed by atoms with E-state index < -0.39 is 0 Å². The number of aromatic hydroxyl groups is 1. The number of benzene rings is 3. The Morgan fingerprint density at radius 3 is 2.44 bits per heavy atom. The Labute approximate surface area is 164 Å². The average Bonchev–Trinajstić information content (AvgIpc) is 2.65. The number of fused-ring (bicyclic) bond motifs is 1. The number of hydrogen-bond acceptors (Lipinski definition) is 3. The number of phenols is 1. The van der Waals surface area contributed by atoms with Gasteiger partial charge in [0.05, 0.1) is 23.3 Å². The van der Waals surface area contributed by atoms with E-state index in [-0.39, 0.29) is 24.1 Å². The number of aliphatic hydroxyl groups is 1. The summed E-state index contributed by atoms with van der Waals surface area (Å²) in [6.07, 6.45) is 1.45. The largest absolute Gasteiger partial charge is 0.508 e. The Morgan fingerprint density at radius 2 is 1.74 bits per heavy atom. The molecule has 1 heterocycles. The Balaban J connectivity index is 1.80. The summed E-state index contributed by atoms with van der Waals surface area (Å²) in [6, 6.07) is 17.4. The molecule has 0 amide bonds. The van der Waals surface area contributed by atoms with Crippen LogP contribution in [0.4, 0.5) is 0 Å². The molecule has 0 aromatic heterocycles. The lowest BCUT2D eigenvalue weighted by Gasteiger charge is -2.32. The van der Waals surface area contributed by atoms with Gasteiger partial charge in [-0.2, -0.15) is 0 Å². The van der Waals surface area contributed by atoms with Gasteiger partial charge in [0.1, 0.15) is 5.75 Å². The maximum absolute atomic E-state index is 10.2. The van der Waals surface area contributed by atoms with Crippen LogP contribution in [0.3, 0.4) is 0 Å². The molecule has 3 aromatic carbocycles. The Morgan fingerprint density at radius 1 is 1.04 bits per heavy atom. The van der Waals surface area contributed by atoms with Gasteiger partial charge in [-0.1, -0.05) is 54.1 Å². The van der Waals surface area contributed by atoms with Gasteiger partial charge >= 0.3 is 0 Å². The number of aliphatic hydroxyl groups excluding tert-OH is 1. The van der Waals surface area contributed by atoms with Gasteiger partial charge in [0.2, 0.25) is 0 Å². The van der Waals surface area contributed by atoms with Crippen molar-refractivity contribution >= 4 is 22.4 Å². The molecule has 3 nitrogen and oxygen atoms in total. The zero-order valence-corrected chi connectivity index (χ0v) is 16.0. The number of halogens is 1. The molecule has 4 heteroatoms. The molecule has 3 aromatic rings. The topological polar surface area (TPSA) is 49.7 Å². The standard InChI is InChI=1S/C23H23ClO3/c1-14-10-18(26)13-22(27-14)21-12-16(11-15-6-8-17(25)9-7-15)23(24)20-5-3-2-4-19(20)21/h2-9,12,14,18,22,25-26H,10-11,13H2,1H3. The molecule has 27 heavy (non-hydrogen) atoms. The zero-order chi connectivity index (χ0) is 19.0. The molecule has 0 radical (unpaired) electrons. The summed E-state index contributed by atoms with van der Waals surface area (Å²) in [6.45, 7) is 2.00. The lowest BCUT2D eigenvalue weighted by Crippen LogP contribution is -2.29. The van der Waals surface area contributed by atoms with Crippen LogP contribution in [0.1, 0.15) is 42.6 Å². The highest BCUT2D eigenvalue weighted by Gasteiger charge is 2.28. The first-order chi connectivity index (χ1) is 13.0. The first kappa shape index (κ1) is 18.3. The second kappa shape index (κ2) is 7.51. The molecule has 4 rings (SSSR count). The molecule has 1 fully saturated rings. The van der Waals surface area contributed by atoms with Gasteiger partial charge in [-0.25, -0.2) is 0 Å². The monoisotopic (exact) mass is 382 g/mol. The Kier molecular flexibility index (Phi) is 5.09. The van der Waals surface area contributed by atoms with E-state index in [1.54, 1.807) is 12.1 Å². The van der Waals surface area contributed by atoms with E-state index in [0.717, 1.165) is 32.5 Å². The highest BCUT2D eigenvalue weighted by Crippen LogP contribution is 2.39. The van der Waals surface area contributed by atoms with Crippen LogP contribution in [0.2, 0.25) is 5.02 Å². The third-order valence-electron chi connectivity index (χ3n) is 5.25. The van der Waals surface area contributed by atoms with Crippen molar-refractivity contribution in [2.75, 3.05) is 0 Å². The lowest BCUT2D eigenvalue weighted by molar-refractivity contribution is -0.0889. The number of ether oxygens (including phenoxy) is 1. The van der Waals surface area contributed by atoms with Crippen LogP contribution in [0, 0.1) is 0 Å². The van der Waals surface area contributed by atoms with Crippen LogP contribution < -0.4 is 0 Å². The van der Waals surface area contributed by atoms with Crippen LogP contribution in [-0.4, -0.2) is 22.4 Å². The molecule has 2 N–H and O–H groups in total. The fraction of sp³-hybridized carbons (Fsp3) is 0.304. The third-order valence-corrected chi connectivity index (χ3v) is 5.70. The number of rotatable bonds is 3. The summed E-state index contributed by atoms with van der Waals surface area (Å²) >= 11 is 6.75. The van der Waals surface area contributed by atoms with E-state index in [0.29, 0.717) is 19.3 Å². The Hall–Kier alpha value is -2.07. The SMILES string of the molecule is CC1CC(O)CC(c2cc(Cc3ccc(O)cc3)c(Cl)c3ccccc23)O1. The predicted molar refractivity (Wildman–Crippen MR) is 108 cm³/mol. The van der Waals surface area contributed by atoms with Crippen LogP contribution in [0.15, 0.2) is 54.6 Å². The molecule has 0 saturated carbocycles. The van der Waals surface area contributed by atoms with Gasteiger partial charge in [0, 0.05) is 11.8 Å². The second-order valence-electron chi connectivity index (χ2n) is 7.39. The minimum atomic E-state index is -0.353. The fourth-order valence-electron chi connectivity index (χ4n) is 3.98. The van der Waals surface area contributed by atoms with Crippen molar-refractivity contribution in [1.29, 1.82) is 0 Å². The Bertz CT molecular complexity index is 942. The molecule has 1 aliphatic heterocycles. The van der Waals surface area contributed by atoms with Crippen LogP contribution >= 0.6 is 11.6 Å². The highest BCUT2D eigenvalue weighted by molar-refractivity contribution is 6.36. The van der Waals surface area contributed by atoms with E-state index in [1.165, 1.54) is 0 Å². The van der Waals surface area contributed by atoms with Gasteiger partial charge in [0.25, 0.3) is 0 Å². The molecule has 0 bridgehead atoms. The molecule has 0 aliphatic carbocycles. The molecular weight excluding hydrogens is 360 g/mol. The maximum atomic E-state index is 10.2. The van der Waals surface area contributed by atoms with Crippen molar-refractivity contribution < 1.29 is 14.9 Å².